The SMILES string of the molecule is CC(C)=CCC/C(C)=C/CN1C(=O)[C@@](O)([C@@H](C)/C=C/CCn2cc(C(CO)c3ccccc3)nn2)c2cc(NC(=O)c3ccccc3)ccc21. The molecule has 0 saturated heterocycles. The molecule has 0 radical (unpaired) electrons. The van der Waals surface area contributed by atoms with Gasteiger partial charge < -0.3 is 20.4 Å². The number of nitrogens with one attached hydrogen (secondary N) is 1. The molecule has 50 heavy (non-hydrogen) atoms. The molecule has 3 atom stereocenters. The molecule has 9 nitrogen and oxygen atoms in total. The number of carbonyl (C=O) groups excluding carboxylic acids is 2. The lowest BCUT2D eigenvalue weighted by molar-refractivity contribution is -0.139. The Kier molecular flexibility index (Phi) is 12.0. The van der Waals surface area contributed by atoms with E-state index in [1.165, 1.54) is 5.57 Å². The molecule has 9 heteroatoms. The van der Waals surface area contributed by atoms with Crippen LogP contribution in [-0.2, 0) is 16.9 Å². The number of allylic oxidation sites excluding steroid dienone is 4. The van der Waals surface area contributed by atoms with Crippen molar-refractivity contribution in [2.45, 2.75) is 65.0 Å². The van der Waals surface area contributed by atoms with Gasteiger partial charge in [-0.05, 0) is 75.9 Å². The fourth-order valence-corrected chi connectivity index (χ4v) is 6.22. The largest absolute Gasteiger partial charge is 0.395 e. The van der Waals surface area contributed by atoms with E-state index < -0.39 is 17.4 Å². The van der Waals surface area contributed by atoms with Crippen molar-refractivity contribution in [1.82, 2.24) is 15.0 Å². The van der Waals surface area contributed by atoms with Gasteiger partial charge in [-0.15, -0.1) is 5.10 Å². The second-order valence-electron chi connectivity index (χ2n) is 13.2. The first-order chi connectivity index (χ1) is 24.1. The van der Waals surface area contributed by atoms with E-state index in [1.54, 1.807) is 52.0 Å². The average Bonchev–Trinajstić information content (AvgIpc) is 3.67. The number of benzene rings is 3. The molecule has 1 aliphatic rings. The van der Waals surface area contributed by atoms with Gasteiger partial charge in [-0.1, -0.05) is 96.1 Å². The number of hydrogen-bond donors (Lipinski definition) is 3. The standard InChI is InChI=1S/C41H47N5O4/c1-29(2)14-13-15-30(3)23-25-46-38-22-21-34(42-39(48)33-19-9-6-10-20-33)26-36(38)41(50,40(46)49)31(4)16-11-12-24-45-27-37(43-44-45)35(28-47)32-17-7-5-8-18-32/h5-11,14,16-23,26-27,31,35,47,50H,12-13,15,24-25,28H2,1-4H3,(H,42,48)/b16-11+,30-23+/t31-,35?,41+/m0/s1. The quantitative estimate of drug-likeness (QED) is 0.115. The van der Waals surface area contributed by atoms with Crippen molar-refractivity contribution < 1.29 is 19.8 Å². The van der Waals surface area contributed by atoms with Crippen LogP contribution in [0.3, 0.4) is 0 Å². The maximum Gasteiger partial charge on any atom is 0.264 e. The highest BCUT2D eigenvalue weighted by Gasteiger charge is 2.52. The number of nitrogens with zero attached hydrogens (tertiary/aromatic N) is 4. The fourth-order valence-electron chi connectivity index (χ4n) is 6.22. The van der Waals surface area contributed by atoms with Crippen LogP contribution in [0.4, 0.5) is 11.4 Å². The van der Waals surface area contributed by atoms with Crippen molar-refractivity contribution in [3.05, 3.63) is 143 Å². The van der Waals surface area contributed by atoms with E-state index in [0.29, 0.717) is 47.7 Å². The van der Waals surface area contributed by atoms with Gasteiger partial charge in [0, 0.05) is 42.0 Å². The van der Waals surface area contributed by atoms with Gasteiger partial charge in [0.05, 0.1) is 23.9 Å². The van der Waals surface area contributed by atoms with Gasteiger partial charge in [0.2, 0.25) is 0 Å². The van der Waals surface area contributed by atoms with Crippen LogP contribution in [0.1, 0.15) is 80.1 Å². The molecular formula is C41H47N5O4. The van der Waals surface area contributed by atoms with Crippen LogP contribution in [0.25, 0.3) is 0 Å². The zero-order valence-electron chi connectivity index (χ0n) is 29.3. The van der Waals surface area contributed by atoms with Gasteiger partial charge in [0.1, 0.15) is 0 Å². The van der Waals surface area contributed by atoms with Crippen molar-refractivity contribution in [3.8, 4) is 0 Å². The third kappa shape index (κ3) is 8.35. The summed E-state index contributed by atoms with van der Waals surface area (Å²) in [5, 5.41) is 33.8. The van der Waals surface area contributed by atoms with Crippen molar-refractivity contribution >= 4 is 23.2 Å². The molecule has 3 N–H and O–H groups in total. The first-order valence-corrected chi connectivity index (χ1v) is 17.2. The third-order valence-corrected chi connectivity index (χ3v) is 9.18. The van der Waals surface area contributed by atoms with Gasteiger partial charge in [-0.25, -0.2) is 0 Å². The van der Waals surface area contributed by atoms with E-state index in [4.69, 9.17) is 0 Å². The average molecular weight is 674 g/mol. The minimum absolute atomic E-state index is 0.0753. The molecule has 0 spiro atoms. The highest BCUT2D eigenvalue weighted by atomic mass is 16.3. The summed E-state index contributed by atoms with van der Waals surface area (Å²) in [7, 11) is 0. The molecule has 3 aromatic carbocycles. The monoisotopic (exact) mass is 673 g/mol. The zero-order valence-corrected chi connectivity index (χ0v) is 29.3. The normalized spacial score (nSPS) is 17.1. The number of rotatable bonds is 15. The zero-order chi connectivity index (χ0) is 35.7. The van der Waals surface area contributed by atoms with Gasteiger partial charge in [0.15, 0.2) is 5.60 Å². The number of aromatic nitrogens is 3. The number of aliphatic hydroxyl groups excluding tert-OH is 1. The van der Waals surface area contributed by atoms with Crippen LogP contribution in [0.15, 0.2) is 121 Å². The molecule has 0 saturated carbocycles. The lowest BCUT2D eigenvalue weighted by Gasteiger charge is -2.27. The van der Waals surface area contributed by atoms with E-state index in [0.717, 1.165) is 24.0 Å². The van der Waals surface area contributed by atoms with E-state index in [9.17, 15) is 19.8 Å². The van der Waals surface area contributed by atoms with Gasteiger partial charge in [-0.3, -0.25) is 14.3 Å². The Morgan fingerprint density at radius 1 is 0.980 bits per heavy atom. The smallest absolute Gasteiger partial charge is 0.264 e. The highest BCUT2D eigenvalue weighted by Crippen LogP contribution is 2.46. The lowest BCUT2D eigenvalue weighted by Crippen LogP contribution is -2.44. The first kappa shape index (κ1) is 36.2. The van der Waals surface area contributed by atoms with Gasteiger partial charge in [0.25, 0.3) is 11.8 Å². The minimum Gasteiger partial charge on any atom is -0.395 e. The molecule has 0 fully saturated rings. The Morgan fingerprint density at radius 2 is 1.70 bits per heavy atom. The Balaban J connectivity index is 1.33. The van der Waals surface area contributed by atoms with E-state index in [1.807, 2.05) is 67.7 Å². The number of amides is 2. The number of aliphatic hydroxyl groups is 2. The number of fused-ring (bicyclic) bond motifs is 1. The van der Waals surface area contributed by atoms with E-state index in [2.05, 4.69) is 42.5 Å². The summed E-state index contributed by atoms with van der Waals surface area (Å²) in [5.74, 6) is -1.51. The van der Waals surface area contributed by atoms with Crippen LogP contribution in [0.5, 0.6) is 0 Å². The summed E-state index contributed by atoms with van der Waals surface area (Å²) in [6, 6.07) is 23.9. The van der Waals surface area contributed by atoms with Crippen molar-refractivity contribution in [2.24, 2.45) is 5.92 Å². The summed E-state index contributed by atoms with van der Waals surface area (Å²) >= 11 is 0. The molecule has 5 rings (SSSR count). The molecule has 1 aliphatic heterocycles. The second kappa shape index (κ2) is 16.5. The Labute approximate surface area is 294 Å². The Morgan fingerprint density at radius 3 is 2.40 bits per heavy atom. The third-order valence-electron chi connectivity index (χ3n) is 9.18. The molecule has 260 valence electrons. The first-order valence-electron chi connectivity index (χ1n) is 17.2. The summed E-state index contributed by atoms with van der Waals surface area (Å²) < 4.78 is 1.73. The summed E-state index contributed by atoms with van der Waals surface area (Å²) in [6.07, 6.45) is 12.3. The molecule has 1 aromatic heterocycles. The molecule has 1 unspecified atom stereocenters. The molecular weight excluding hydrogens is 626 g/mol. The predicted octanol–water partition coefficient (Wildman–Crippen LogP) is 7.16. The van der Waals surface area contributed by atoms with Gasteiger partial charge >= 0.3 is 0 Å². The summed E-state index contributed by atoms with van der Waals surface area (Å²) in [4.78, 5) is 28.7. The maximum atomic E-state index is 14.1. The van der Waals surface area contributed by atoms with E-state index in [-0.39, 0.29) is 18.4 Å². The number of anilines is 2. The summed E-state index contributed by atoms with van der Waals surface area (Å²) in [6.45, 7) is 8.83. The Hall–Kier alpha value is -5.12. The molecule has 4 aromatic rings. The molecule has 2 amide bonds. The van der Waals surface area contributed by atoms with Crippen LogP contribution >= 0.6 is 0 Å². The maximum absolute atomic E-state index is 14.1. The van der Waals surface area contributed by atoms with Crippen molar-refractivity contribution in [3.63, 3.8) is 0 Å². The molecule has 2 heterocycles. The lowest BCUT2D eigenvalue weighted by atomic mass is 9.82. The van der Waals surface area contributed by atoms with Crippen LogP contribution in [0.2, 0.25) is 0 Å². The minimum atomic E-state index is -1.84. The van der Waals surface area contributed by atoms with Crippen LogP contribution in [-0.4, -0.2) is 50.2 Å². The topological polar surface area (TPSA) is 121 Å². The number of carbonyl (C=O) groups is 2. The van der Waals surface area contributed by atoms with E-state index >= 15 is 0 Å². The Bertz CT molecular complexity index is 1860. The van der Waals surface area contributed by atoms with Gasteiger partial charge in [-0.2, -0.15) is 0 Å². The second-order valence-corrected chi connectivity index (χ2v) is 13.2. The van der Waals surface area contributed by atoms with Crippen molar-refractivity contribution in [1.29, 1.82) is 0 Å². The number of hydrogen-bond acceptors (Lipinski definition) is 6. The van der Waals surface area contributed by atoms with Crippen LogP contribution < -0.4 is 10.2 Å². The molecule has 0 aliphatic carbocycles. The highest BCUT2D eigenvalue weighted by molar-refractivity contribution is 6.09. The molecule has 0 bridgehead atoms. The predicted molar refractivity (Wildman–Crippen MR) is 198 cm³/mol. The fraction of sp³-hybridized carbons (Fsp3) is 0.317. The summed E-state index contributed by atoms with van der Waals surface area (Å²) in [5.41, 5.74) is 4.34. The van der Waals surface area contributed by atoms with Crippen LogP contribution in [0, 0.1) is 5.92 Å². The van der Waals surface area contributed by atoms with Crippen molar-refractivity contribution in [2.75, 3.05) is 23.4 Å². The number of aryl methyl sites for hydroxylation is 1.